The first-order valence-electron chi connectivity index (χ1n) is 7.90. The number of hydrogen-bond acceptors (Lipinski definition) is 4. The molecule has 4 amide bonds. The maximum absolute atomic E-state index is 12.7. The van der Waals surface area contributed by atoms with Crippen molar-refractivity contribution in [3.8, 4) is 5.75 Å². The van der Waals surface area contributed by atoms with Crippen LogP contribution in [0.4, 0.5) is 10.5 Å². The molecule has 6 nitrogen and oxygen atoms in total. The zero-order valence-corrected chi connectivity index (χ0v) is 13.8. The Morgan fingerprint density at radius 2 is 1.81 bits per heavy atom. The molecule has 2 aromatic carbocycles. The van der Waals surface area contributed by atoms with Crippen LogP contribution in [-0.2, 0) is 9.59 Å². The molecule has 130 valence electrons. The van der Waals surface area contributed by atoms with Crippen LogP contribution in [0.25, 0.3) is 6.08 Å². The van der Waals surface area contributed by atoms with Crippen molar-refractivity contribution >= 4 is 29.6 Å². The third kappa shape index (κ3) is 3.54. The lowest BCUT2D eigenvalue weighted by Crippen LogP contribution is -2.54. The van der Waals surface area contributed by atoms with Crippen LogP contribution in [0.15, 0.2) is 72.8 Å². The van der Waals surface area contributed by atoms with Crippen molar-refractivity contribution in [2.45, 2.75) is 0 Å². The van der Waals surface area contributed by atoms with Crippen LogP contribution in [0, 0.1) is 0 Å². The van der Waals surface area contributed by atoms with Gasteiger partial charge in [0.25, 0.3) is 11.8 Å². The molecule has 0 atom stereocenters. The number of carbonyl (C=O) groups is 3. The molecule has 0 aliphatic carbocycles. The average Bonchev–Trinajstić information content (AvgIpc) is 2.64. The van der Waals surface area contributed by atoms with Gasteiger partial charge >= 0.3 is 6.03 Å². The Balaban J connectivity index is 1.94. The first-order valence-corrected chi connectivity index (χ1v) is 7.90. The molecule has 1 fully saturated rings. The zero-order valence-electron chi connectivity index (χ0n) is 13.8. The van der Waals surface area contributed by atoms with E-state index in [9.17, 15) is 14.4 Å². The summed E-state index contributed by atoms with van der Waals surface area (Å²) < 4.78 is 5.45. The van der Waals surface area contributed by atoms with E-state index in [2.05, 4.69) is 11.9 Å². The summed E-state index contributed by atoms with van der Waals surface area (Å²) in [5.41, 5.74) is 0.859. The fourth-order valence-corrected chi connectivity index (χ4v) is 2.48. The lowest BCUT2D eigenvalue weighted by Gasteiger charge is -2.26. The highest BCUT2D eigenvalue weighted by atomic mass is 16.5. The minimum atomic E-state index is -0.772. The summed E-state index contributed by atoms with van der Waals surface area (Å²) in [6.07, 6.45) is 3.05. The molecule has 0 radical (unpaired) electrons. The molecule has 1 aliphatic rings. The number of urea groups is 1. The van der Waals surface area contributed by atoms with Crippen LogP contribution >= 0.6 is 0 Å². The normalized spacial score (nSPS) is 15.8. The van der Waals surface area contributed by atoms with Crippen LogP contribution in [-0.4, -0.2) is 24.5 Å². The number of imide groups is 2. The van der Waals surface area contributed by atoms with Gasteiger partial charge in [0.1, 0.15) is 17.9 Å². The SMILES string of the molecule is C=CCOc1cccc(/C=C2/C(=O)NC(=O)N(c3ccccc3)C2=O)c1. The standard InChI is InChI=1S/C20H16N2O4/c1-2-11-26-16-10-6-7-14(12-16)13-17-18(23)21-20(25)22(19(17)24)15-8-4-3-5-9-15/h2-10,12-13H,1,11H2,(H,21,23,25)/b17-13-. The van der Waals surface area contributed by atoms with E-state index in [0.717, 1.165) is 4.90 Å². The minimum absolute atomic E-state index is 0.130. The smallest absolute Gasteiger partial charge is 0.335 e. The van der Waals surface area contributed by atoms with Gasteiger partial charge in [0.15, 0.2) is 0 Å². The number of rotatable bonds is 5. The highest BCUT2D eigenvalue weighted by Gasteiger charge is 2.36. The Hall–Kier alpha value is -3.67. The second kappa shape index (κ2) is 7.48. The number of ether oxygens (including phenoxy) is 1. The van der Waals surface area contributed by atoms with Crippen molar-refractivity contribution in [3.63, 3.8) is 0 Å². The van der Waals surface area contributed by atoms with Gasteiger partial charge in [0.2, 0.25) is 0 Å². The molecule has 0 saturated carbocycles. The molecular weight excluding hydrogens is 332 g/mol. The molecule has 26 heavy (non-hydrogen) atoms. The van der Waals surface area contributed by atoms with E-state index in [-0.39, 0.29) is 5.57 Å². The van der Waals surface area contributed by atoms with Crippen molar-refractivity contribution in [1.29, 1.82) is 0 Å². The van der Waals surface area contributed by atoms with Crippen molar-refractivity contribution in [2.75, 3.05) is 11.5 Å². The van der Waals surface area contributed by atoms with Gasteiger partial charge in [0.05, 0.1) is 5.69 Å². The van der Waals surface area contributed by atoms with E-state index in [4.69, 9.17) is 4.74 Å². The quantitative estimate of drug-likeness (QED) is 0.512. The highest BCUT2D eigenvalue weighted by Crippen LogP contribution is 2.22. The second-order valence-corrected chi connectivity index (χ2v) is 5.47. The zero-order chi connectivity index (χ0) is 18.5. The van der Waals surface area contributed by atoms with Gasteiger partial charge < -0.3 is 4.74 Å². The largest absolute Gasteiger partial charge is 0.490 e. The van der Waals surface area contributed by atoms with Gasteiger partial charge in [0, 0.05) is 0 Å². The maximum Gasteiger partial charge on any atom is 0.335 e. The van der Waals surface area contributed by atoms with Gasteiger partial charge in [-0.1, -0.05) is 43.0 Å². The molecule has 0 bridgehead atoms. The maximum atomic E-state index is 12.7. The molecule has 6 heteroatoms. The molecule has 1 heterocycles. The number of hydrogen-bond donors (Lipinski definition) is 1. The van der Waals surface area contributed by atoms with E-state index in [1.807, 2.05) is 0 Å². The molecule has 0 spiro atoms. The van der Waals surface area contributed by atoms with Crippen LogP contribution in [0.2, 0.25) is 0 Å². The van der Waals surface area contributed by atoms with Gasteiger partial charge in [-0.15, -0.1) is 0 Å². The van der Waals surface area contributed by atoms with Gasteiger partial charge in [-0.2, -0.15) is 0 Å². The molecule has 0 unspecified atom stereocenters. The monoisotopic (exact) mass is 348 g/mol. The number of benzene rings is 2. The van der Waals surface area contributed by atoms with Crippen molar-refractivity contribution < 1.29 is 19.1 Å². The number of carbonyl (C=O) groups excluding carboxylic acids is 3. The van der Waals surface area contributed by atoms with E-state index in [0.29, 0.717) is 23.6 Å². The summed E-state index contributed by atoms with van der Waals surface area (Å²) >= 11 is 0. The van der Waals surface area contributed by atoms with Crippen LogP contribution in [0.3, 0.4) is 0 Å². The van der Waals surface area contributed by atoms with Gasteiger partial charge in [-0.3, -0.25) is 14.9 Å². The minimum Gasteiger partial charge on any atom is -0.490 e. The van der Waals surface area contributed by atoms with Gasteiger partial charge in [-0.25, -0.2) is 9.69 Å². The number of nitrogens with one attached hydrogen (secondary N) is 1. The fourth-order valence-electron chi connectivity index (χ4n) is 2.48. The number of amides is 4. The van der Waals surface area contributed by atoms with Crippen LogP contribution in [0.5, 0.6) is 5.75 Å². The third-order valence-electron chi connectivity index (χ3n) is 3.65. The summed E-state index contributed by atoms with van der Waals surface area (Å²) in [7, 11) is 0. The van der Waals surface area contributed by atoms with Crippen molar-refractivity contribution in [3.05, 3.63) is 78.4 Å². The van der Waals surface area contributed by atoms with Crippen molar-refractivity contribution in [1.82, 2.24) is 5.32 Å². The average molecular weight is 348 g/mol. The molecule has 3 rings (SSSR count). The Kier molecular flexibility index (Phi) is 4.94. The molecule has 0 aromatic heterocycles. The first kappa shape index (κ1) is 17.2. The Morgan fingerprint density at radius 1 is 1.04 bits per heavy atom. The van der Waals surface area contributed by atoms with E-state index in [1.54, 1.807) is 60.7 Å². The Labute approximate surface area is 150 Å². The van der Waals surface area contributed by atoms with E-state index in [1.165, 1.54) is 6.08 Å². The summed E-state index contributed by atoms with van der Waals surface area (Å²) in [6.45, 7) is 3.93. The highest BCUT2D eigenvalue weighted by molar-refractivity contribution is 6.39. The number of anilines is 1. The topological polar surface area (TPSA) is 75.7 Å². The van der Waals surface area contributed by atoms with Gasteiger partial charge in [-0.05, 0) is 35.9 Å². The first-order chi connectivity index (χ1) is 12.6. The molecular formula is C20H16N2O4. The Morgan fingerprint density at radius 3 is 2.54 bits per heavy atom. The molecule has 1 aliphatic heterocycles. The Bertz CT molecular complexity index is 903. The van der Waals surface area contributed by atoms with Crippen LogP contribution < -0.4 is 15.0 Å². The van der Waals surface area contributed by atoms with E-state index >= 15 is 0 Å². The fraction of sp³-hybridized carbons (Fsp3) is 0.0500. The van der Waals surface area contributed by atoms with Crippen LogP contribution in [0.1, 0.15) is 5.56 Å². The molecule has 1 saturated heterocycles. The summed E-state index contributed by atoms with van der Waals surface area (Å²) in [5.74, 6) is -0.828. The van der Waals surface area contributed by atoms with E-state index < -0.39 is 17.8 Å². The number of para-hydroxylation sites is 1. The lowest BCUT2D eigenvalue weighted by atomic mass is 10.1. The predicted octanol–water partition coefficient (Wildman–Crippen LogP) is 2.92. The second-order valence-electron chi connectivity index (χ2n) is 5.47. The predicted molar refractivity (Wildman–Crippen MR) is 97.6 cm³/mol. The summed E-state index contributed by atoms with van der Waals surface area (Å²) in [6, 6.07) is 14.6. The number of nitrogens with zero attached hydrogens (tertiary/aromatic N) is 1. The third-order valence-corrected chi connectivity index (χ3v) is 3.65. The summed E-state index contributed by atoms with van der Waals surface area (Å²) in [5, 5.41) is 2.19. The molecule has 2 aromatic rings. The molecule has 1 N–H and O–H groups in total. The van der Waals surface area contributed by atoms with Crippen molar-refractivity contribution in [2.24, 2.45) is 0 Å². The summed E-state index contributed by atoms with van der Waals surface area (Å²) in [4.78, 5) is 37.9. The lowest BCUT2D eigenvalue weighted by molar-refractivity contribution is -0.122. The number of barbiturate groups is 1.